The molecule has 0 aromatic heterocycles. The summed E-state index contributed by atoms with van der Waals surface area (Å²) in [6.07, 6.45) is -2.91. The molecule has 1 aliphatic carbocycles. The maximum absolute atomic E-state index is 12.7. The van der Waals surface area contributed by atoms with Gasteiger partial charge in [0, 0.05) is 31.6 Å². The highest BCUT2D eigenvalue weighted by Crippen LogP contribution is 2.40. The van der Waals surface area contributed by atoms with Gasteiger partial charge in [-0.25, -0.2) is 0 Å². The van der Waals surface area contributed by atoms with E-state index in [0.29, 0.717) is 25.9 Å². The van der Waals surface area contributed by atoms with Crippen LogP contribution in [-0.2, 0) is 4.79 Å². The summed E-state index contributed by atoms with van der Waals surface area (Å²) in [7, 11) is 0. The molecule has 19 heavy (non-hydrogen) atoms. The van der Waals surface area contributed by atoms with Gasteiger partial charge in [-0.3, -0.25) is 4.79 Å². The van der Waals surface area contributed by atoms with E-state index in [-0.39, 0.29) is 24.8 Å². The highest BCUT2D eigenvalue weighted by molar-refractivity contribution is 5.79. The molecule has 1 saturated heterocycles. The number of nitrogens with zero attached hydrogens (tertiary/aromatic N) is 1. The molecule has 2 aliphatic rings. The predicted octanol–water partition coefficient (Wildman–Crippen LogP) is 2.18. The van der Waals surface area contributed by atoms with Gasteiger partial charge in [0.2, 0.25) is 5.91 Å². The lowest BCUT2D eigenvalue weighted by Gasteiger charge is -2.37. The number of rotatable bonds is 1. The van der Waals surface area contributed by atoms with Gasteiger partial charge in [-0.2, -0.15) is 13.2 Å². The fourth-order valence-corrected chi connectivity index (χ4v) is 3.10. The monoisotopic (exact) mass is 278 g/mol. The molecule has 1 saturated carbocycles. The lowest BCUT2D eigenvalue weighted by Crippen LogP contribution is -2.53. The third kappa shape index (κ3) is 3.61. The summed E-state index contributed by atoms with van der Waals surface area (Å²) in [5.41, 5.74) is 0. The third-order valence-corrected chi connectivity index (χ3v) is 4.17. The van der Waals surface area contributed by atoms with E-state index in [2.05, 4.69) is 5.32 Å². The first-order chi connectivity index (χ1) is 8.88. The van der Waals surface area contributed by atoms with Crippen molar-refractivity contribution in [2.45, 2.75) is 44.8 Å². The highest BCUT2D eigenvalue weighted by atomic mass is 19.4. The molecule has 0 bridgehead atoms. The maximum atomic E-state index is 12.7. The van der Waals surface area contributed by atoms with E-state index in [1.165, 1.54) is 0 Å². The fourth-order valence-electron chi connectivity index (χ4n) is 3.10. The number of nitrogens with one attached hydrogen (secondary N) is 1. The predicted molar refractivity (Wildman–Crippen MR) is 65.5 cm³/mol. The van der Waals surface area contributed by atoms with Crippen LogP contribution in [0, 0.1) is 11.8 Å². The molecule has 0 aromatic rings. The fraction of sp³-hybridized carbons (Fsp3) is 0.923. The molecular formula is C13H21F3N2O. The number of hydrogen-bond acceptors (Lipinski definition) is 2. The van der Waals surface area contributed by atoms with Crippen LogP contribution < -0.4 is 5.32 Å². The van der Waals surface area contributed by atoms with Crippen LogP contribution in [0.5, 0.6) is 0 Å². The Morgan fingerprint density at radius 1 is 1.32 bits per heavy atom. The minimum atomic E-state index is -4.16. The Hall–Kier alpha value is -0.780. The Kier molecular flexibility index (Phi) is 4.38. The summed E-state index contributed by atoms with van der Waals surface area (Å²) in [5.74, 6) is -1.82. The molecule has 0 spiro atoms. The zero-order chi connectivity index (χ0) is 14.0. The first kappa shape index (κ1) is 14.6. The number of amides is 1. The van der Waals surface area contributed by atoms with Crippen LogP contribution in [-0.4, -0.2) is 42.7 Å². The lowest BCUT2D eigenvalue weighted by molar-refractivity contribution is -0.187. The van der Waals surface area contributed by atoms with Gasteiger partial charge in [0.15, 0.2) is 0 Å². The topological polar surface area (TPSA) is 32.3 Å². The molecule has 1 amide bonds. The SMILES string of the molecule is C[C@H]1CN(C(=O)C2CCCC(C(F)(F)F)C2)CCN1. The van der Waals surface area contributed by atoms with Crippen LogP contribution in [0.3, 0.4) is 0 Å². The van der Waals surface area contributed by atoms with E-state index in [1.54, 1.807) is 4.90 Å². The van der Waals surface area contributed by atoms with Crippen molar-refractivity contribution in [3.05, 3.63) is 0 Å². The van der Waals surface area contributed by atoms with Gasteiger partial charge in [0.1, 0.15) is 0 Å². The zero-order valence-electron chi connectivity index (χ0n) is 11.2. The number of carbonyl (C=O) groups is 1. The van der Waals surface area contributed by atoms with Crippen molar-refractivity contribution in [1.82, 2.24) is 10.2 Å². The second-order valence-corrected chi connectivity index (χ2v) is 5.74. The van der Waals surface area contributed by atoms with E-state index in [0.717, 1.165) is 6.54 Å². The third-order valence-electron chi connectivity index (χ3n) is 4.17. The average Bonchev–Trinajstić information content (AvgIpc) is 2.37. The molecule has 1 heterocycles. The molecule has 2 unspecified atom stereocenters. The van der Waals surface area contributed by atoms with Crippen molar-refractivity contribution < 1.29 is 18.0 Å². The van der Waals surface area contributed by atoms with E-state index in [4.69, 9.17) is 0 Å². The van der Waals surface area contributed by atoms with E-state index in [1.807, 2.05) is 6.92 Å². The number of halogens is 3. The van der Waals surface area contributed by atoms with Crippen LogP contribution in [0.25, 0.3) is 0 Å². The molecule has 110 valence electrons. The Labute approximate surface area is 111 Å². The Bertz CT molecular complexity index is 332. The molecule has 2 fully saturated rings. The van der Waals surface area contributed by atoms with Gasteiger partial charge in [-0.1, -0.05) is 6.42 Å². The quantitative estimate of drug-likeness (QED) is 0.797. The summed E-state index contributed by atoms with van der Waals surface area (Å²) in [6.45, 7) is 3.92. The first-order valence-electron chi connectivity index (χ1n) is 6.97. The number of hydrogen-bond donors (Lipinski definition) is 1. The summed E-state index contributed by atoms with van der Waals surface area (Å²) >= 11 is 0. The second kappa shape index (κ2) is 5.69. The van der Waals surface area contributed by atoms with Crippen molar-refractivity contribution >= 4 is 5.91 Å². The van der Waals surface area contributed by atoms with E-state index in [9.17, 15) is 18.0 Å². The smallest absolute Gasteiger partial charge is 0.340 e. The maximum Gasteiger partial charge on any atom is 0.391 e. The van der Waals surface area contributed by atoms with E-state index < -0.39 is 18.0 Å². The van der Waals surface area contributed by atoms with E-state index >= 15 is 0 Å². The van der Waals surface area contributed by atoms with Crippen molar-refractivity contribution in [2.75, 3.05) is 19.6 Å². The molecular weight excluding hydrogens is 257 g/mol. The normalized spacial score (nSPS) is 33.3. The van der Waals surface area contributed by atoms with Gasteiger partial charge in [-0.05, 0) is 26.2 Å². The summed E-state index contributed by atoms with van der Waals surface area (Å²) in [4.78, 5) is 14.0. The Balaban J connectivity index is 1.95. The van der Waals surface area contributed by atoms with Gasteiger partial charge >= 0.3 is 6.18 Å². The number of carbonyl (C=O) groups excluding carboxylic acids is 1. The van der Waals surface area contributed by atoms with Crippen molar-refractivity contribution in [2.24, 2.45) is 11.8 Å². The van der Waals surface area contributed by atoms with Crippen LogP contribution >= 0.6 is 0 Å². The second-order valence-electron chi connectivity index (χ2n) is 5.74. The van der Waals surface area contributed by atoms with Gasteiger partial charge in [0.05, 0.1) is 5.92 Å². The van der Waals surface area contributed by atoms with Crippen LogP contribution in [0.2, 0.25) is 0 Å². The standard InChI is InChI=1S/C13H21F3N2O/c1-9-8-18(6-5-17-9)12(19)10-3-2-4-11(7-10)13(14,15)16/h9-11,17H,2-8H2,1H3/t9-,10?,11?/m0/s1. The van der Waals surface area contributed by atoms with Gasteiger partial charge in [0.25, 0.3) is 0 Å². The van der Waals surface area contributed by atoms with Crippen molar-refractivity contribution in [3.63, 3.8) is 0 Å². The summed E-state index contributed by atoms with van der Waals surface area (Å²) in [5, 5.41) is 3.23. The summed E-state index contributed by atoms with van der Waals surface area (Å²) < 4.78 is 38.2. The molecule has 3 nitrogen and oxygen atoms in total. The lowest BCUT2D eigenvalue weighted by atomic mass is 9.80. The minimum absolute atomic E-state index is 0.0271. The molecule has 0 radical (unpaired) electrons. The van der Waals surface area contributed by atoms with Gasteiger partial charge in [-0.15, -0.1) is 0 Å². The first-order valence-corrected chi connectivity index (χ1v) is 6.97. The molecule has 3 atom stereocenters. The molecule has 6 heteroatoms. The molecule has 1 N–H and O–H groups in total. The summed E-state index contributed by atoms with van der Waals surface area (Å²) in [6, 6.07) is 0.222. The zero-order valence-corrected chi connectivity index (χ0v) is 11.2. The van der Waals surface area contributed by atoms with Crippen molar-refractivity contribution in [3.8, 4) is 0 Å². The Morgan fingerprint density at radius 2 is 2.05 bits per heavy atom. The Morgan fingerprint density at radius 3 is 2.68 bits per heavy atom. The molecule has 0 aromatic carbocycles. The van der Waals surface area contributed by atoms with Crippen LogP contribution in [0.4, 0.5) is 13.2 Å². The number of piperazine rings is 1. The van der Waals surface area contributed by atoms with Crippen LogP contribution in [0.1, 0.15) is 32.6 Å². The minimum Gasteiger partial charge on any atom is -0.340 e. The highest BCUT2D eigenvalue weighted by Gasteiger charge is 2.44. The van der Waals surface area contributed by atoms with Crippen LogP contribution in [0.15, 0.2) is 0 Å². The molecule has 1 aliphatic heterocycles. The van der Waals surface area contributed by atoms with Crippen molar-refractivity contribution in [1.29, 1.82) is 0 Å². The average molecular weight is 278 g/mol. The molecule has 2 rings (SSSR count). The number of alkyl halides is 3. The van der Waals surface area contributed by atoms with Gasteiger partial charge < -0.3 is 10.2 Å². The largest absolute Gasteiger partial charge is 0.391 e.